The van der Waals surface area contributed by atoms with Crippen molar-refractivity contribution in [1.82, 2.24) is 5.32 Å². The summed E-state index contributed by atoms with van der Waals surface area (Å²) in [5.74, 6) is 0. The van der Waals surface area contributed by atoms with Gasteiger partial charge in [0.05, 0.1) is 0 Å². The second-order valence-electron chi connectivity index (χ2n) is 7.21. The minimum Gasteiger partial charge on any atom is -0.337 e. The number of anilines is 1. The second kappa shape index (κ2) is 5.97. The second-order valence-corrected chi connectivity index (χ2v) is 7.21. The van der Waals surface area contributed by atoms with Crippen LogP contribution < -0.4 is 10.2 Å². The van der Waals surface area contributed by atoms with Crippen molar-refractivity contribution in [1.29, 1.82) is 0 Å². The van der Waals surface area contributed by atoms with E-state index in [1.54, 1.807) is 0 Å². The number of carbonyl (C=O) groups excluding carboxylic acids is 1. The minimum atomic E-state index is 0.0367. The summed E-state index contributed by atoms with van der Waals surface area (Å²) in [6.45, 7) is 2.84. The standard InChI is InChI=1S/C21H24N2O/c1-16-14-17-8-5-6-11-19(17)23(16)20(24)22-15-21(12-7-13-21)18-9-3-2-4-10-18/h2-6,8-11,16H,7,12-15H2,1H3,(H,22,24). The van der Waals surface area contributed by atoms with Crippen LogP contribution in [0.3, 0.4) is 0 Å². The summed E-state index contributed by atoms with van der Waals surface area (Å²) in [5.41, 5.74) is 3.80. The molecule has 124 valence electrons. The average molecular weight is 320 g/mol. The van der Waals surface area contributed by atoms with Crippen molar-refractivity contribution < 1.29 is 4.79 Å². The Kier molecular flexibility index (Phi) is 3.79. The molecule has 1 saturated carbocycles. The predicted molar refractivity (Wildman–Crippen MR) is 97.5 cm³/mol. The number of nitrogens with one attached hydrogen (secondary N) is 1. The number of amides is 2. The van der Waals surface area contributed by atoms with Crippen LogP contribution in [0, 0.1) is 0 Å². The van der Waals surface area contributed by atoms with Gasteiger partial charge in [0.15, 0.2) is 0 Å². The van der Waals surface area contributed by atoms with Crippen molar-refractivity contribution in [2.24, 2.45) is 0 Å². The van der Waals surface area contributed by atoms with Crippen molar-refractivity contribution in [3.8, 4) is 0 Å². The molecule has 3 nitrogen and oxygen atoms in total. The zero-order valence-corrected chi connectivity index (χ0v) is 14.2. The molecule has 0 saturated heterocycles. The summed E-state index contributed by atoms with van der Waals surface area (Å²) in [6.07, 6.45) is 4.49. The highest BCUT2D eigenvalue weighted by atomic mass is 16.2. The number of hydrogen-bond donors (Lipinski definition) is 1. The zero-order valence-electron chi connectivity index (χ0n) is 14.2. The molecule has 1 atom stereocenters. The molecule has 0 spiro atoms. The van der Waals surface area contributed by atoms with E-state index >= 15 is 0 Å². The number of fused-ring (bicyclic) bond motifs is 1. The number of rotatable bonds is 3. The molecular weight excluding hydrogens is 296 g/mol. The normalized spacial score (nSPS) is 21.0. The molecule has 1 aliphatic carbocycles. The molecule has 3 heteroatoms. The van der Waals surface area contributed by atoms with Gasteiger partial charge in [0.1, 0.15) is 0 Å². The largest absolute Gasteiger partial charge is 0.337 e. The molecule has 1 N–H and O–H groups in total. The van der Waals surface area contributed by atoms with Crippen LogP contribution in [0.25, 0.3) is 0 Å². The molecule has 1 fully saturated rings. The van der Waals surface area contributed by atoms with Crippen LogP contribution >= 0.6 is 0 Å². The average Bonchev–Trinajstić information content (AvgIpc) is 2.90. The fourth-order valence-electron chi connectivity index (χ4n) is 4.17. The van der Waals surface area contributed by atoms with Crippen LogP contribution in [0.4, 0.5) is 10.5 Å². The molecule has 1 aliphatic heterocycles. The lowest BCUT2D eigenvalue weighted by Gasteiger charge is -2.43. The lowest BCUT2D eigenvalue weighted by Crippen LogP contribution is -2.50. The maximum atomic E-state index is 12.9. The fourth-order valence-corrected chi connectivity index (χ4v) is 4.17. The number of nitrogens with zero attached hydrogens (tertiary/aromatic N) is 1. The molecule has 1 heterocycles. The number of carbonyl (C=O) groups is 1. The summed E-state index contributed by atoms with van der Waals surface area (Å²) in [7, 11) is 0. The van der Waals surface area contributed by atoms with E-state index in [-0.39, 0.29) is 17.5 Å². The molecule has 1 unspecified atom stereocenters. The predicted octanol–water partition coefficient (Wildman–Crippen LogP) is 4.27. The first-order chi connectivity index (χ1) is 11.7. The van der Waals surface area contributed by atoms with Crippen LogP contribution in [0.5, 0.6) is 0 Å². The Labute approximate surface area is 143 Å². The highest BCUT2D eigenvalue weighted by Gasteiger charge is 2.39. The number of urea groups is 1. The Morgan fingerprint density at radius 3 is 2.54 bits per heavy atom. The van der Waals surface area contributed by atoms with Gasteiger partial charge >= 0.3 is 6.03 Å². The number of benzene rings is 2. The van der Waals surface area contributed by atoms with Crippen LogP contribution in [-0.2, 0) is 11.8 Å². The fraction of sp³-hybridized carbons (Fsp3) is 0.381. The molecule has 2 aromatic rings. The Morgan fingerprint density at radius 2 is 1.83 bits per heavy atom. The van der Waals surface area contributed by atoms with E-state index in [4.69, 9.17) is 0 Å². The lowest BCUT2D eigenvalue weighted by atomic mass is 9.64. The first-order valence-corrected chi connectivity index (χ1v) is 8.90. The first kappa shape index (κ1) is 15.3. The molecule has 0 aromatic heterocycles. The van der Waals surface area contributed by atoms with Crippen LogP contribution in [-0.4, -0.2) is 18.6 Å². The van der Waals surface area contributed by atoms with Gasteiger partial charge < -0.3 is 5.32 Å². The van der Waals surface area contributed by atoms with E-state index in [1.165, 1.54) is 17.5 Å². The summed E-state index contributed by atoms with van der Waals surface area (Å²) in [4.78, 5) is 14.8. The summed E-state index contributed by atoms with van der Waals surface area (Å²) >= 11 is 0. The highest BCUT2D eigenvalue weighted by Crippen LogP contribution is 2.43. The molecule has 4 rings (SSSR count). The van der Waals surface area contributed by atoms with E-state index in [0.717, 1.165) is 31.5 Å². The maximum Gasteiger partial charge on any atom is 0.322 e. The van der Waals surface area contributed by atoms with Gasteiger partial charge in [-0.05, 0) is 43.4 Å². The third-order valence-corrected chi connectivity index (χ3v) is 5.70. The topological polar surface area (TPSA) is 32.3 Å². The molecule has 24 heavy (non-hydrogen) atoms. The molecule has 0 bridgehead atoms. The van der Waals surface area contributed by atoms with Crippen molar-refractivity contribution in [2.45, 2.75) is 44.1 Å². The van der Waals surface area contributed by atoms with E-state index in [0.29, 0.717) is 0 Å². The van der Waals surface area contributed by atoms with Gasteiger partial charge in [0.25, 0.3) is 0 Å². The van der Waals surface area contributed by atoms with Crippen LogP contribution in [0.2, 0.25) is 0 Å². The minimum absolute atomic E-state index is 0.0367. The Balaban J connectivity index is 1.49. The third kappa shape index (κ3) is 2.48. The Morgan fingerprint density at radius 1 is 1.12 bits per heavy atom. The van der Waals surface area contributed by atoms with Gasteiger partial charge in [-0.3, -0.25) is 4.90 Å². The van der Waals surface area contributed by atoms with E-state index in [1.807, 2.05) is 17.0 Å². The lowest BCUT2D eigenvalue weighted by molar-refractivity contribution is 0.217. The van der Waals surface area contributed by atoms with Crippen LogP contribution in [0.15, 0.2) is 54.6 Å². The molecule has 2 aliphatic rings. The molecular formula is C21H24N2O. The van der Waals surface area contributed by atoms with Gasteiger partial charge in [0, 0.05) is 23.7 Å². The molecule has 2 amide bonds. The Bertz CT molecular complexity index is 737. The van der Waals surface area contributed by atoms with Gasteiger partial charge in [-0.25, -0.2) is 4.79 Å². The first-order valence-electron chi connectivity index (χ1n) is 8.90. The van der Waals surface area contributed by atoms with E-state index in [2.05, 4.69) is 54.7 Å². The smallest absolute Gasteiger partial charge is 0.322 e. The summed E-state index contributed by atoms with van der Waals surface area (Å²) in [6, 6.07) is 19.1. The zero-order chi connectivity index (χ0) is 16.6. The van der Waals surface area contributed by atoms with Gasteiger partial charge in [-0.2, -0.15) is 0 Å². The number of para-hydroxylation sites is 1. The van der Waals surface area contributed by atoms with Crippen molar-refractivity contribution >= 4 is 11.7 Å². The van der Waals surface area contributed by atoms with Crippen molar-refractivity contribution in [2.75, 3.05) is 11.4 Å². The van der Waals surface area contributed by atoms with Gasteiger partial charge in [-0.1, -0.05) is 55.0 Å². The van der Waals surface area contributed by atoms with Crippen LogP contribution in [0.1, 0.15) is 37.3 Å². The Hall–Kier alpha value is -2.29. The summed E-state index contributed by atoms with van der Waals surface area (Å²) in [5, 5.41) is 3.22. The van der Waals surface area contributed by atoms with Crippen molar-refractivity contribution in [3.63, 3.8) is 0 Å². The molecule has 2 aromatic carbocycles. The van der Waals surface area contributed by atoms with Gasteiger partial charge in [0.2, 0.25) is 0 Å². The quantitative estimate of drug-likeness (QED) is 0.900. The highest BCUT2D eigenvalue weighted by molar-refractivity contribution is 5.95. The maximum absolute atomic E-state index is 12.9. The number of hydrogen-bond acceptors (Lipinski definition) is 1. The van der Waals surface area contributed by atoms with E-state index < -0.39 is 0 Å². The molecule has 0 radical (unpaired) electrons. The SMILES string of the molecule is CC1Cc2ccccc2N1C(=O)NCC1(c2ccccc2)CCC1. The van der Waals surface area contributed by atoms with E-state index in [9.17, 15) is 4.79 Å². The summed E-state index contributed by atoms with van der Waals surface area (Å²) < 4.78 is 0. The van der Waals surface area contributed by atoms with Crippen molar-refractivity contribution in [3.05, 3.63) is 65.7 Å². The van der Waals surface area contributed by atoms with Gasteiger partial charge in [-0.15, -0.1) is 0 Å². The monoisotopic (exact) mass is 320 g/mol. The third-order valence-electron chi connectivity index (χ3n) is 5.70.